The van der Waals surface area contributed by atoms with E-state index in [4.69, 9.17) is 4.74 Å². The zero-order valence-corrected chi connectivity index (χ0v) is 15.1. The summed E-state index contributed by atoms with van der Waals surface area (Å²) in [7, 11) is 0. The first-order valence-corrected chi connectivity index (χ1v) is 9.44. The van der Waals surface area contributed by atoms with Crippen LogP contribution in [0.2, 0.25) is 0 Å². The Balaban J connectivity index is 1.35. The number of nitrogens with one attached hydrogen (secondary N) is 2. The second-order valence-corrected chi connectivity index (χ2v) is 7.26. The van der Waals surface area contributed by atoms with Crippen LogP contribution in [0.3, 0.4) is 0 Å². The molecule has 3 atom stereocenters. The van der Waals surface area contributed by atoms with Gasteiger partial charge in [-0.15, -0.1) is 0 Å². The van der Waals surface area contributed by atoms with Gasteiger partial charge in [0.2, 0.25) is 5.91 Å². The number of carbonyl (C=O) groups excluding carboxylic acids is 1. The Morgan fingerprint density at radius 2 is 2.32 bits per heavy atom. The molecule has 6 heteroatoms. The van der Waals surface area contributed by atoms with Gasteiger partial charge in [0.15, 0.2) is 0 Å². The Labute approximate surface area is 150 Å². The first-order chi connectivity index (χ1) is 12.2. The van der Waals surface area contributed by atoms with Gasteiger partial charge >= 0.3 is 0 Å². The smallest absolute Gasteiger partial charge is 0.234 e. The first kappa shape index (κ1) is 18.3. The van der Waals surface area contributed by atoms with Crippen LogP contribution < -0.4 is 10.6 Å². The van der Waals surface area contributed by atoms with Crippen molar-refractivity contribution in [2.45, 2.75) is 44.9 Å². The van der Waals surface area contributed by atoms with Crippen LogP contribution in [0.5, 0.6) is 0 Å². The number of pyridine rings is 1. The Kier molecular flexibility index (Phi) is 6.78. The molecule has 2 aliphatic heterocycles. The van der Waals surface area contributed by atoms with Gasteiger partial charge in [0.1, 0.15) is 0 Å². The average molecular weight is 346 g/mol. The number of ether oxygens (including phenoxy) is 1. The third-order valence-electron chi connectivity index (χ3n) is 5.13. The Bertz CT molecular complexity index is 533. The fraction of sp³-hybridized carbons (Fsp3) is 0.684. The summed E-state index contributed by atoms with van der Waals surface area (Å²) in [6.45, 7) is 7.09. The maximum absolute atomic E-state index is 12.2. The summed E-state index contributed by atoms with van der Waals surface area (Å²) in [5.41, 5.74) is 1.11. The maximum atomic E-state index is 12.2. The van der Waals surface area contributed by atoms with Crippen LogP contribution >= 0.6 is 0 Å². The van der Waals surface area contributed by atoms with E-state index in [0.717, 1.165) is 57.7 Å². The SMILES string of the molecule is CC1CN(Cc2ccccn2)CCC1NC(=O)CNCC1CCCO1. The van der Waals surface area contributed by atoms with Crippen molar-refractivity contribution in [2.75, 3.05) is 32.8 Å². The van der Waals surface area contributed by atoms with Gasteiger partial charge in [0.05, 0.1) is 18.3 Å². The molecule has 1 aromatic heterocycles. The highest BCUT2D eigenvalue weighted by molar-refractivity contribution is 5.78. The minimum absolute atomic E-state index is 0.0908. The van der Waals surface area contributed by atoms with Crippen molar-refractivity contribution in [1.82, 2.24) is 20.5 Å². The highest BCUT2D eigenvalue weighted by Crippen LogP contribution is 2.18. The molecule has 2 aliphatic rings. The summed E-state index contributed by atoms with van der Waals surface area (Å²) in [6, 6.07) is 6.30. The van der Waals surface area contributed by atoms with Crippen LogP contribution in [0, 0.1) is 5.92 Å². The standard InChI is InChI=1S/C19H30N4O2/c1-15-13-23(14-16-5-2-3-8-21-16)9-7-18(15)22-19(24)12-20-11-17-6-4-10-25-17/h2-3,5,8,15,17-18,20H,4,6-7,9-14H2,1H3,(H,22,24). The first-order valence-electron chi connectivity index (χ1n) is 9.44. The molecule has 2 fully saturated rings. The molecular formula is C19H30N4O2. The van der Waals surface area contributed by atoms with Crippen molar-refractivity contribution in [2.24, 2.45) is 5.92 Å². The van der Waals surface area contributed by atoms with E-state index in [9.17, 15) is 4.79 Å². The van der Waals surface area contributed by atoms with Crippen LogP contribution in [-0.2, 0) is 16.1 Å². The lowest BCUT2D eigenvalue weighted by Gasteiger charge is -2.37. The zero-order chi connectivity index (χ0) is 17.5. The van der Waals surface area contributed by atoms with E-state index in [-0.39, 0.29) is 18.1 Å². The summed E-state index contributed by atoms with van der Waals surface area (Å²) in [4.78, 5) is 19.0. The highest BCUT2D eigenvalue weighted by atomic mass is 16.5. The van der Waals surface area contributed by atoms with Crippen LogP contribution in [-0.4, -0.2) is 60.7 Å². The fourth-order valence-electron chi connectivity index (χ4n) is 3.72. The normalized spacial score (nSPS) is 27.3. The fourth-order valence-corrected chi connectivity index (χ4v) is 3.72. The van der Waals surface area contributed by atoms with Gasteiger partial charge in [0.25, 0.3) is 0 Å². The number of hydrogen-bond acceptors (Lipinski definition) is 5. The molecule has 1 amide bonds. The Morgan fingerprint density at radius 1 is 1.40 bits per heavy atom. The molecule has 6 nitrogen and oxygen atoms in total. The summed E-state index contributed by atoms with van der Waals surface area (Å²) in [5.74, 6) is 0.535. The molecule has 138 valence electrons. The van der Waals surface area contributed by atoms with Crippen LogP contribution in [0.1, 0.15) is 31.9 Å². The van der Waals surface area contributed by atoms with Crippen molar-refractivity contribution >= 4 is 5.91 Å². The number of likely N-dealkylation sites (tertiary alicyclic amines) is 1. The third kappa shape index (κ3) is 5.76. The minimum atomic E-state index is 0.0908. The van der Waals surface area contributed by atoms with Crippen molar-refractivity contribution < 1.29 is 9.53 Å². The molecule has 25 heavy (non-hydrogen) atoms. The van der Waals surface area contributed by atoms with Crippen molar-refractivity contribution in [3.63, 3.8) is 0 Å². The Morgan fingerprint density at radius 3 is 3.04 bits per heavy atom. The predicted molar refractivity (Wildman–Crippen MR) is 97.1 cm³/mol. The molecular weight excluding hydrogens is 316 g/mol. The quantitative estimate of drug-likeness (QED) is 0.776. The second-order valence-electron chi connectivity index (χ2n) is 7.26. The molecule has 2 saturated heterocycles. The van der Waals surface area contributed by atoms with E-state index in [1.54, 1.807) is 0 Å². The van der Waals surface area contributed by atoms with Gasteiger partial charge in [-0.1, -0.05) is 13.0 Å². The molecule has 0 aliphatic carbocycles. The third-order valence-corrected chi connectivity index (χ3v) is 5.13. The summed E-state index contributed by atoms with van der Waals surface area (Å²) in [5, 5.41) is 6.41. The lowest BCUT2D eigenvalue weighted by molar-refractivity contribution is -0.121. The summed E-state index contributed by atoms with van der Waals surface area (Å²) < 4.78 is 5.56. The molecule has 3 heterocycles. The van der Waals surface area contributed by atoms with Gasteiger partial charge in [-0.2, -0.15) is 0 Å². The number of amides is 1. The number of piperidine rings is 1. The molecule has 0 aromatic carbocycles. The zero-order valence-electron chi connectivity index (χ0n) is 15.1. The molecule has 2 N–H and O–H groups in total. The van der Waals surface area contributed by atoms with Gasteiger partial charge in [-0.25, -0.2) is 0 Å². The topological polar surface area (TPSA) is 66.5 Å². The number of carbonyl (C=O) groups is 1. The molecule has 0 bridgehead atoms. The number of nitrogens with zero attached hydrogens (tertiary/aromatic N) is 2. The van der Waals surface area contributed by atoms with E-state index in [0.29, 0.717) is 12.5 Å². The lowest BCUT2D eigenvalue weighted by Crippen LogP contribution is -2.51. The van der Waals surface area contributed by atoms with Crippen molar-refractivity contribution in [1.29, 1.82) is 0 Å². The predicted octanol–water partition coefficient (Wildman–Crippen LogP) is 1.18. The summed E-state index contributed by atoms with van der Waals surface area (Å²) in [6.07, 6.45) is 5.34. The molecule has 1 aromatic rings. The Hall–Kier alpha value is -1.50. The van der Waals surface area contributed by atoms with E-state index >= 15 is 0 Å². The van der Waals surface area contributed by atoms with Crippen molar-refractivity contribution in [3.05, 3.63) is 30.1 Å². The van der Waals surface area contributed by atoms with Crippen LogP contribution in [0.25, 0.3) is 0 Å². The lowest BCUT2D eigenvalue weighted by atomic mass is 9.93. The molecule has 0 radical (unpaired) electrons. The summed E-state index contributed by atoms with van der Waals surface area (Å²) >= 11 is 0. The molecule has 3 rings (SSSR count). The van der Waals surface area contributed by atoms with Gasteiger partial charge in [0, 0.05) is 45.0 Å². The molecule has 0 saturated carbocycles. The van der Waals surface area contributed by atoms with Crippen LogP contribution in [0.15, 0.2) is 24.4 Å². The maximum Gasteiger partial charge on any atom is 0.234 e. The molecule has 0 spiro atoms. The molecule has 3 unspecified atom stereocenters. The number of rotatable bonds is 7. The van der Waals surface area contributed by atoms with Crippen molar-refractivity contribution in [3.8, 4) is 0 Å². The highest BCUT2D eigenvalue weighted by Gasteiger charge is 2.27. The number of aromatic nitrogens is 1. The van der Waals surface area contributed by atoms with E-state index in [1.165, 1.54) is 0 Å². The largest absolute Gasteiger partial charge is 0.377 e. The minimum Gasteiger partial charge on any atom is -0.377 e. The van der Waals surface area contributed by atoms with E-state index < -0.39 is 0 Å². The van der Waals surface area contributed by atoms with E-state index in [1.807, 2.05) is 18.3 Å². The second kappa shape index (κ2) is 9.27. The van der Waals surface area contributed by atoms with Gasteiger partial charge in [-0.05, 0) is 37.3 Å². The van der Waals surface area contributed by atoms with E-state index in [2.05, 4.69) is 33.5 Å². The number of hydrogen-bond donors (Lipinski definition) is 2. The average Bonchev–Trinajstić information content (AvgIpc) is 3.12. The van der Waals surface area contributed by atoms with Gasteiger partial charge < -0.3 is 15.4 Å². The van der Waals surface area contributed by atoms with Gasteiger partial charge in [-0.3, -0.25) is 14.7 Å². The van der Waals surface area contributed by atoms with Crippen LogP contribution in [0.4, 0.5) is 0 Å². The monoisotopic (exact) mass is 346 g/mol.